The van der Waals surface area contributed by atoms with E-state index in [2.05, 4.69) is 10.3 Å². The molecule has 2 aromatic rings. The highest BCUT2D eigenvalue weighted by molar-refractivity contribution is 5.83. The van der Waals surface area contributed by atoms with E-state index in [-0.39, 0.29) is 30.4 Å². The maximum absolute atomic E-state index is 13.8. The highest BCUT2D eigenvalue weighted by Gasteiger charge is 2.31. The average molecular weight is 376 g/mol. The van der Waals surface area contributed by atoms with Crippen LogP contribution in [0, 0.1) is 11.7 Å². The van der Waals surface area contributed by atoms with Gasteiger partial charge in [0, 0.05) is 25.4 Å². The van der Waals surface area contributed by atoms with Gasteiger partial charge in [0.2, 0.25) is 5.91 Å². The molecule has 1 amide bonds. The zero-order valence-corrected chi connectivity index (χ0v) is 14.7. The number of halogens is 1. The number of hydrogen-bond acceptors (Lipinski definition) is 5. The van der Waals surface area contributed by atoms with Gasteiger partial charge in [-0.1, -0.05) is 12.1 Å². The number of carboxylic acids is 1. The Balaban J connectivity index is 1.56. The summed E-state index contributed by atoms with van der Waals surface area (Å²) in [5, 5.41) is 11.9. The van der Waals surface area contributed by atoms with Gasteiger partial charge in [-0.2, -0.15) is 0 Å². The quantitative estimate of drug-likeness (QED) is 0.769. The molecule has 3 rings (SSSR count). The minimum atomic E-state index is -1.07. The molecule has 27 heavy (non-hydrogen) atoms. The van der Waals surface area contributed by atoms with Gasteiger partial charge in [0.1, 0.15) is 11.9 Å². The van der Waals surface area contributed by atoms with Crippen LogP contribution in [0.5, 0.6) is 0 Å². The van der Waals surface area contributed by atoms with Crippen LogP contribution in [0.4, 0.5) is 4.39 Å². The van der Waals surface area contributed by atoms with E-state index < -0.39 is 23.7 Å². The van der Waals surface area contributed by atoms with E-state index in [1.54, 1.807) is 18.2 Å². The number of nitrogens with one attached hydrogen (secondary N) is 1. The van der Waals surface area contributed by atoms with Crippen molar-refractivity contribution in [2.45, 2.75) is 31.7 Å². The number of carbonyl (C=O) groups is 2. The number of rotatable bonds is 7. The topological polar surface area (TPSA) is 102 Å². The second-order valence-electron chi connectivity index (χ2n) is 6.46. The molecule has 1 aromatic heterocycles. The molecule has 2 N–H and O–H groups in total. The van der Waals surface area contributed by atoms with Gasteiger partial charge in [-0.05, 0) is 25.0 Å². The van der Waals surface area contributed by atoms with Gasteiger partial charge in [-0.3, -0.25) is 4.79 Å². The summed E-state index contributed by atoms with van der Waals surface area (Å²) in [7, 11) is 0. The summed E-state index contributed by atoms with van der Waals surface area (Å²) in [6, 6.07) is 5.20. The first-order valence-corrected chi connectivity index (χ1v) is 8.84. The van der Waals surface area contributed by atoms with Crippen molar-refractivity contribution >= 4 is 11.9 Å². The van der Waals surface area contributed by atoms with E-state index in [1.165, 1.54) is 12.3 Å². The van der Waals surface area contributed by atoms with E-state index in [0.29, 0.717) is 25.2 Å². The van der Waals surface area contributed by atoms with E-state index >= 15 is 0 Å². The third kappa shape index (κ3) is 4.91. The molecule has 1 fully saturated rings. The third-order valence-corrected chi connectivity index (χ3v) is 4.51. The Kier molecular flexibility index (Phi) is 6.18. The zero-order chi connectivity index (χ0) is 19.2. The normalized spacial score (nSPS) is 18.0. The molecule has 144 valence electrons. The van der Waals surface area contributed by atoms with Crippen molar-refractivity contribution in [3.63, 3.8) is 0 Å². The SMILES string of the molecule is O=C(CCc1ncc(-c2ccccc2F)o1)NC(C(=O)O)C1CCCOC1. The molecule has 0 spiro atoms. The molecule has 8 heteroatoms. The monoisotopic (exact) mass is 376 g/mol. The fourth-order valence-electron chi connectivity index (χ4n) is 3.09. The van der Waals surface area contributed by atoms with Gasteiger partial charge in [0.25, 0.3) is 0 Å². The summed E-state index contributed by atoms with van der Waals surface area (Å²) in [6.07, 6.45) is 3.09. The summed E-state index contributed by atoms with van der Waals surface area (Å²) in [5.41, 5.74) is 0.295. The Morgan fingerprint density at radius 3 is 2.89 bits per heavy atom. The van der Waals surface area contributed by atoms with Crippen molar-refractivity contribution in [2.75, 3.05) is 13.2 Å². The Labute approximate surface area is 155 Å². The predicted molar refractivity (Wildman–Crippen MR) is 93.3 cm³/mol. The summed E-state index contributed by atoms with van der Waals surface area (Å²) >= 11 is 0. The molecule has 2 unspecified atom stereocenters. The minimum absolute atomic E-state index is 0.0224. The fraction of sp³-hybridized carbons (Fsp3) is 0.421. The van der Waals surface area contributed by atoms with E-state index in [0.717, 1.165) is 6.42 Å². The molecular weight excluding hydrogens is 355 g/mol. The van der Waals surface area contributed by atoms with Crippen LogP contribution in [-0.4, -0.2) is 41.2 Å². The summed E-state index contributed by atoms with van der Waals surface area (Å²) in [4.78, 5) is 27.7. The first kappa shape index (κ1) is 19.0. The largest absolute Gasteiger partial charge is 0.480 e. The molecule has 1 aliphatic heterocycles. The van der Waals surface area contributed by atoms with Gasteiger partial charge in [0.05, 0.1) is 18.4 Å². The Bertz CT molecular complexity index is 801. The van der Waals surface area contributed by atoms with Crippen molar-refractivity contribution < 1.29 is 28.2 Å². The molecule has 1 saturated heterocycles. The lowest BCUT2D eigenvalue weighted by molar-refractivity contribution is -0.145. The number of aromatic nitrogens is 1. The first-order chi connectivity index (χ1) is 13.0. The number of aliphatic carboxylic acids is 1. The lowest BCUT2D eigenvalue weighted by atomic mass is 9.93. The highest BCUT2D eigenvalue weighted by Crippen LogP contribution is 2.23. The number of hydrogen-bond donors (Lipinski definition) is 2. The number of aryl methyl sites for hydroxylation is 1. The molecule has 1 aliphatic rings. The molecular formula is C19H21FN2O5. The molecule has 2 atom stereocenters. The van der Waals surface area contributed by atoms with E-state index in [9.17, 15) is 19.1 Å². The summed E-state index contributed by atoms with van der Waals surface area (Å²) < 4.78 is 24.6. The van der Waals surface area contributed by atoms with Crippen LogP contribution < -0.4 is 5.32 Å². The molecule has 0 radical (unpaired) electrons. The van der Waals surface area contributed by atoms with Crippen LogP contribution in [0.3, 0.4) is 0 Å². The Morgan fingerprint density at radius 2 is 2.19 bits per heavy atom. The second kappa shape index (κ2) is 8.77. The van der Waals surface area contributed by atoms with Crippen LogP contribution in [0.2, 0.25) is 0 Å². The van der Waals surface area contributed by atoms with Crippen LogP contribution in [-0.2, 0) is 20.7 Å². The lowest BCUT2D eigenvalue weighted by Gasteiger charge is -2.28. The maximum Gasteiger partial charge on any atom is 0.326 e. The molecule has 0 saturated carbocycles. The summed E-state index contributed by atoms with van der Waals surface area (Å²) in [6.45, 7) is 0.939. The minimum Gasteiger partial charge on any atom is -0.480 e. The fourth-order valence-corrected chi connectivity index (χ4v) is 3.09. The maximum atomic E-state index is 13.8. The van der Waals surface area contributed by atoms with Gasteiger partial charge < -0.3 is 19.6 Å². The van der Waals surface area contributed by atoms with Gasteiger partial charge in [-0.25, -0.2) is 14.2 Å². The van der Waals surface area contributed by atoms with Crippen molar-refractivity contribution in [3.05, 3.63) is 42.2 Å². The van der Waals surface area contributed by atoms with Crippen LogP contribution >= 0.6 is 0 Å². The standard InChI is InChI=1S/C19H21FN2O5/c20-14-6-2-1-5-13(14)15-10-21-17(27-15)8-7-16(23)22-18(19(24)25)12-4-3-9-26-11-12/h1-2,5-6,10,12,18H,3-4,7-9,11H2,(H,22,23)(H,24,25). The van der Waals surface area contributed by atoms with Crippen LogP contribution in [0.15, 0.2) is 34.9 Å². The van der Waals surface area contributed by atoms with Crippen molar-refractivity contribution in [1.82, 2.24) is 10.3 Å². The molecule has 0 bridgehead atoms. The number of carboxylic acid groups (broad SMARTS) is 1. The molecule has 2 heterocycles. The first-order valence-electron chi connectivity index (χ1n) is 8.84. The van der Waals surface area contributed by atoms with Crippen molar-refractivity contribution in [2.24, 2.45) is 5.92 Å². The van der Waals surface area contributed by atoms with E-state index in [1.807, 2.05) is 0 Å². The van der Waals surface area contributed by atoms with Crippen LogP contribution in [0.25, 0.3) is 11.3 Å². The number of amides is 1. The Morgan fingerprint density at radius 1 is 1.37 bits per heavy atom. The van der Waals surface area contributed by atoms with Crippen molar-refractivity contribution in [3.8, 4) is 11.3 Å². The highest BCUT2D eigenvalue weighted by atomic mass is 19.1. The predicted octanol–water partition coefficient (Wildman–Crippen LogP) is 2.41. The lowest BCUT2D eigenvalue weighted by Crippen LogP contribution is -2.48. The summed E-state index contributed by atoms with van der Waals surface area (Å²) in [5.74, 6) is -1.57. The number of ether oxygens (including phenoxy) is 1. The van der Waals surface area contributed by atoms with Crippen molar-refractivity contribution in [1.29, 1.82) is 0 Å². The molecule has 1 aromatic carbocycles. The smallest absolute Gasteiger partial charge is 0.326 e. The van der Waals surface area contributed by atoms with Gasteiger partial charge in [-0.15, -0.1) is 0 Å². The Hall–Kier alpha value is -2.74. The number of oxazole rings is 1. The van der Waals surface area contributed by atoms with Crippen LogP contribution in [0.1, 0.15) is 25.2 Å². The number of benzene rings is 1. The molecule has 7 nitrogen and oxygen atoms in total. The number of carbonyl (C=O) groups excluding carboxylic acids is 1. The third-order valence-electron chi connectivity index (χ3n) is 4.51. The average Bonchev–Trinajstić information content (AvgIpc) is 3.14. The van der Waals surface area contributed by atoms with Gasteiger partial charge in [0.15, 0.2) is 11.7 Å². The zero-order valence-electron chi connectivity index (χ0n) is 14.7. The second-order valence-corrected chi connectivity index (χ2v) is 6.46. The van der Waals surface area contributed by atoms with E-state index in [4.69, 9.17) is 9.15 Å². The number of nitrogens with zero attached hydrogens (tertiary/aromatic N) is 1. The van der Waals surface area contributed by atoms with Gasteiger partial charge >= 0.3 is 5.97 Å². The molecule has 0 aliphatic carbocycles.